The van der Waals surface area contributed by atoms with Crippen molar-refractivity contribution in [1.29, 1.82) is 0 Å². The van der Waals surface area contributed by atoms with Gasteiger partial charge in [0.15, 0.2) is 0 Å². The molecule has 11 nitrogen and oxygen atoms in total. The molecule has 2 aromatic rings. The number of hydrogen-bond acceptors (Lipinski definition) is 10. The lowest BCUT2D eigenvalue weighted by Crippen LogP contribution is -2.58. The van der Waals surface area contributed by atoms with Crippen LogP contribution in [0.2, 0.25) is 0 Å². The van der Waals surface area contributed by atoms with E-state index >= 15 is 0 Å². The number of likely N-dealkylation sites (N-methyl/N-ethyl adjacent to an activating group) is 1. The minimum Gasteiger partial charge on any atom is -0.474 e. The number of nitrogens with two attached hydrogens (primary N) is 1. The Labute approximate surface area is 192 Å². The Balaban J connectivity index is 1.30. The van der Waals surface area contributed by atoms with Crippen LogP contribution in [0.5, 0.6) is 5.88 Å². The van der Waals surface area contributed by atoms with E-state index in [0.717, 1.165) is 12.0 Å². The third-order valence-corrected chi connectivity index (χ3v) is 6.76. The second-order valence-corrected chi connectivity index (χ2v) is 8.99. The first-order valence-corrected chi connectivity index (χ1v) is 11.4. The summed E-state index contributed by atoms with van der Waals surface area (Å²) in [7, 11) is 1.76. The molecule has 176 valence electrons. The number of nitrogens with zero attached hydrogens (tertiary/aromatic N) is 6. The van der Waals surface area contributed by atoms with Gasteiger partial charge in [-0.25, -0.2) is 15.0 Å². The van der Waals surface area contributed by atoms with E-state index in [-0.39, 0.29) is 24.0 Å². The van der Waals surface area contributed by atoms with Gasteiger partial charge in [0.1, 0.15) is 11.7 Å². The largest absolute Gasteiger partial charge is 0.474 e. The molecule has 0 spiro atoms. The van der Waals surface area contributed by atoms with Crippen molar-refractivity contribution >= 4 is 17.8 Å². The standard InChI is InChI=1S/C22H29N7O4/c1-28(19(30)22(31)3-2-4-22)15-9-16(10-15)33-18-11-17(14-12-24-20(23)25-13-14)26-21(27-18)29-5-7-32-8-6-29/h11-13,15-16,31H,2-10H2,1H3,(H2,23,24,25). The Bertz CT molecular complexity index is 1000. The highest BCUT2D eigenvalue weighted by molar-refractivity contribution is 5.86. The normalized spacial score (nSPS) is 23.9. The summed E-state index contributed by atoms with van der Waals surface area (Å²) in [5.74, 6) is 1.05. The van der Waals surface area contributed by atoms with Gasteiger partial charge in [-0.2, -0.15) is 4.98 Å². The minimum atomic E-state index is -1.17. The molecule has 3 fully saturated rings. The van der Waals surface area contributed by atoms with Gasteiger partial charge in [0, 0.05) is 63.0 Å². The molecule has 1 aliphatic heterocycles. The van der Waals surface area contributed by atoms with E-state index in [0.29, 0.717) is 69.5 Å². The Morgan fingerprint density at radius 1 is 1.24 bits per heavy atom. The molecule has 0 unspecified atom stereocenters. The number of hydrogen-bond donors (Lipinski definition) is 2. The third kappa shape index (κ3) is 4.42. The molecular formula is C22H29N7O4. The van der Waals surface area contributed by atoms with Gasteiger partial charge in [-0.15, -0.1) is 0 Å². The molecule has 5 rings (SSSR count). The molecule has 0 radical (unpaired) electrons. The fraction of sp³-hybridized carbons (Fsp3) is 0.591. The van der Waals surface area contributed by atoms with Crippen molar-refractivity contribution in [2.75, 3.05) is 44.0 Å². The van der Waals surface area contributed by atoms with Crippen LogP contribution >= 0.6 is 0 Å². The summed E-state index contributed by atoms with van der Waals surface area (Å²) >= 11 is 0. The Kier molecular flexibility index (Phi) is 5.75. The first kappa shape index (κ1) is 21.8. The van der Waals surface area contributed by atoms with E-state index in [9.17, 15) is 9.90 Å². The minimum absolute atomic E-state index is 0.0534. The number of aliphatic hydroxyl groups is 1. The monoisotopic (exact) mass is 455 g/mol. The molecule has 0 aromatic carbocycles. The van der Waals surface area contributed by atoms with Crippen LogP contribution < -0.4 is 15.4 Å². The number of anilines is 2. The molecule has 2 saturated carbocycles. The molecule has 1 saturated heterocycles. The van der Waals surface area contributed by atoms with Crippen LogP contribution in [0.25, 0.3) is 11.3 Å². The van der Waals surface area contributed by atoms with E-state index in [1.807, 2.05) is 0 Å². The summed E-state index contributed by atoms with van der Waals surface area (Å²) in [5.41, 5.74) is 5.82. The maximum absolute atomic E-state index is 12.6. The maximum atomic E-state index is 12.6. The smallest absolute Gasteiger partial charge is 0.254 e. The predicted octanol–water partition coefficient (Wildman–Crippen LogP) is 0.636. The van der Waals surface area contributed by atoms with Crippen molar-refractivity contribution in [2.24, 2.45) is 0 Å². The number of carbonyl (C=O) groups is 1. The Morgan fingerprint density at radius 3 is 2.58 bits per heavy atom. The highest BCUT2D eigenvalue weighted by Crippen LogP contribution is 2.37. The Hall–Kier alpha value is -3.05. The van der Waals surface area contributed by atoms with Crippen LogP contribution in [0.1, 0.15) is 32.1 Å². The summed E-state index contributed by atoms with van der Waals surface area (Å²) in [6.07, 6.45) is 6.56. The van der Waals surface area contributed by atoms with E-state index < -0.39 is 5.60 Å². The lowest BCUT2D eigenvalue weighted by molar-refractivity contribution is -0.164. The second kappa shape index (κ2) is 8.71. The van der Waals surface area contributed by atoms with Crippen LogP contribution in [0, 0.1) is 0 Å². The lowest BCUT2D eigenvalue weighted by Gasteiger charge is -2.45. The van der Waals surface area contributed by atoms with Crippen molar-refractivity contribution < 1.29 is 19.4 Å². The van der Waals surface area contributed by atoms with Gasteiger partial charge < -0.3 is 30.1 Å². The molecule has 3 N–H and O–H groups in total. The highest BCUT2D eigenvalue weighted by atomic mass is 16.5. The van der Waals surface area contributed by atoms with Crippen LogP contribution in [0.3, 0.4) is 0 Å². The molecule has 2 aromatic heterocycles. The average Bonchev–Trinajstić information content (AvgIpc) is 2.79. The topological polar surface area (TPSA) is 140 Å². The molecule has 0 atom stereocenters. The summed E-state index contributed by atoms with van der Waals surface area (Å²) in [6, 6.07) is 1.83. The van der Waals surface area contributed by atoms with Gasteiger partial charge in [-0.3, -0.25) is 4.79 Å². The first-order valence-electron chi connectivity index (χ1n) is 11.4. The number of carbonyl (C=O) groups excluding carboxylic acids is 1. The molecule has 3 heterocycles. The van der Waals surface area contributed by atoms with Gasteiger partial charge in [0.25, 0.3) is 5.91 Å². The SMILES string of the molecule is CN(C(=O)C1(O)CCC1)C1CC(Oc2cc(-c3cnc(N)nc3)nc(N3CCOCC3)n2)C1. The zero-order valence-corrected chi connectivity index (χ0v) is 18.7. The maximum Gasteiger partial charge on any atom is 0.254 e. The number of nitrogen functional groups attached to an aromatic ring is 1. The van der Waals surface area contributed by atoms with Crippen LogP contribution in [-0.4, -0.2) is 86.9 Å². The molecule has 1 amide bonds. The van der Waals surface area contributed by atoms with Crippen LogP contribution in [0.4, 0.5) is 11.9 Å². The predicted molar refractivity (Wildman–Crippen MR) is 120 cm³/mol. The second-order valence-electron chi connectivity index (χ2n) is 8.99. The zero-order chi connectivity index (χ0) is 23.0. The Morgan fingerprint density at radius 2 is 1.94 bits per heavy atom. The number of rotatable bonds is 6. The molecule has 2 aliphatic carbocycles. The van der Waals surface area contributed by atoms with E-state index in [1.54, 1.807) is 30.4 Å². The van der Waals surface area contributed by atoms with E-state index in [1.165, 1.54) is 0 Å². The van der Waals surface area contributed by atoms with Gasteiger partial charge in [0.05, 0.1) is 18.9 Å². The van der Waals surface area contributed by atoms with Gasteiger partial charge in [-0.1, -0.05) is 0 Å². The molecule has 11 heteroatoms. The molecule has 0 bridgehead atoms. The van der Waals surface area contributed by atoms with Crippen LogP contribution in [-0.2, 0) is 9.53 Å². The molecule has 3 aliphatic rings. The van der Waals surface area contributed by atoms with Gasteiger partial charge in [-0.05, 0) is 19.3 Å². The molecular weight excluding hydrogens is 426 g/mol. The van der Waals surface area contributed by atoms with Crippen molar-refractivity contribution in [2.45, 2.75) is 49.9 Å². The number of aromatic nitrogens is 4. The first-order chi connectivity index (χ1) is 15.9. The van der Waals surface area contributed by atoms with Gasteiger partial charge in [0.2, 0.25) is 17.8 Å². The highest BCUT2D eigenvalue weighted by Gasteiger charge is 2.47. The quantitative estimate of drug-likeness (QED) is 0.637. The fourth-order valence-corrected chi connectivity index (χ4v) is 4.34. The van der Waals surface area contributed by atoms with Crippen molar-refractivity contribution in [3.8, 4) is 17.1 Å². The average molecular weight is 456 g/mol. The summed E-state index contributed by atoms with van der Waals surface area (Å²) in [5, 5.41) is 10.4. The number of amides is 1. The third-order valence-electron chi connectivity index (χ3n) is 6.76. The summed E-state index contributed by atoms with van der Waals surface area (Å²) in [4.78, 5) is 33.8. The fourth-order valence-electron chi connectivity index (χ4n) is 4.34. The van der Waals surface area contributed by atoms with Gasteiger partial charge >= 0.3 is 0 Å². The lowest BCUT2D eigenvalue weighted by atomic mass is 9.78. The zero-order valence-electron chi connectivity index (χ0n) is 18.7. The summed E-state index contributed by atoms with van der Waals surface area (Å²) < 4.78 is 11.6. The number of morpholine rings is 1. The van der Waals surface area contributed by atoms with E-state index in [4.69, 9.17) is 20.2 Å². The number of ether oxygens (including phenoxy) is 2. The van der Waals surface area contributed by atoms with Crippen molar-refractivity contribution in [3.63, 3.8) is 0 Å². The van der Waals surface area contributed by atoms with Crippen LogP contribution in [0.15, 0.2) is 18.5 Å². The van der Waals surface area contributed by atoms with Crippen molar-refractivity contribution in [1.82, 2.24) is 24.8 Å². The van der Waals surface area contributed by atoms with Crippen molar-refractivity contribution in [3.05, 3.63) is 18.5 Å². The van der Waals surface area contributed by atoms with E-state index in [2.05, 4.69) is 19.9 Å². The summed E-state index contributed by atoms with van der Waals surface area (Å²) in [6.45, 7) is 2.63. The molecule has 33 heavy (non-hydrogen) atoms.